The van der Waals surface area contributed by atoms with E-state index in [1.54, 1.807) is 48.5 Å². The van der Waals surface area contributed by atoms with Gasteiger partial charge in [-0.1, -0.05) is 30.3 Å². The lowest BCUT2D eigenvalue weighted by Gasteiger charge is -2.48. The maximum Gasteiger partial charge on any atom is 0.311 e. The molecule has 0 radical (unpaired) electrons. The standard InChI is InChI=1S/C24H34O7/c1-14-17(30-21(25)23(2,3)4)19(31-22(26)24(5,6)7)18-16(28-14)13-27-20(29-18)15-11-9-8-10-12-15/h8-12,14,16-20H,13H2,1-7H3/t14-,16?,17?,18+,19+,20?/m0/s1. The van der Waals surface area contributed by atoms with Gasteiger partial charge < -0.3 is 23.7 Å². The highest BCUT2D eigenvalue weighted by Crippen LogP contribution is 2.37. The average molecular weight is 435 g/mol. The fraction of sp³-hybridized carbons (Fsp3) is 0.667. The highest BCUT2D eigenvalue weighted by molar-refractivity contribution is 5.76. The third kappa shape index (κ3) is 5.45. The molecule has 2 heterocycles. The Kier molecular flexibility index (Phi) is 6.79. The zero-order valence-corrected chi connectivity index (χ0v) is 19.4. The molecule has 2 aliphatic rings. The maximum absolute atomic E-state index is 12.8. The molecule has 0 saturated carbocycles. The van der Waals surface area contributed by atoms with E-state index in [9.17, 15) is 9.59 Å². The molecule has 2 saturated heterocycles. The highest BCUT2D eigenvalue weighted by atomic mass is 16.7. The molecule has 6 atom stereocenters. The van der Waals surface area contributed by atoms with Gasteiger partial charge in [0.05, 0.1) is 23.5 Å². The van der Waals surface area contributed by atoms with Gasteiger partial charge in [0.15, 0.2) is 18.5 Å². The van der Waals surface area contributed by atoms with Gasteiger partial charge in [0.2, 0.25) is 0 Å². The molecular formula is C24H34O7. The molecule has 0 amide bonds. The van der Waals surface area contributed by atoms with E-state index in [0.717, 1.165) is 5.56 Å². The lowest BCUT2D eigenvalue weighted by molar-refractivity contribution is -0.330. The van der Waals surface area contributed by atoms with Crippen molar-refractivity contribution in [1.29, 1.82) is 0 Å². The van der Waals surface area contributed by atoms with E-state index in [1.165, 1.54) is 0 Å². The topological polar surface area (TPSA) is 80.3 Å². The molecule has 0 spiro atoms. The van der Waals surface area contributed by atoms with E-state index < -0.39 is 59.6 Å². The molecule has 1 aromatic carbocycles. The second-order valence-corrected chi connectivity index (χ2v) is 10.3. The summed E-state index contributed by atoms with van der Waals surface area (Å²) in [6.07, 6.45) is -3.83. The van der Waals surface area contributed by atoms with Gasteiger partial charge in [0, 0.05) is 5.56 Å². The number of carbonyl (C=O) groups excluding carboxylic acids is 2. The van der Waals surface area contributed by atoms with Gasteiger partial charge >= 0.3 is 11.9 Å². The number of ether oxygens (including phenoxy) is 5. The van der Waals surface area contributed by atoms with Crippen LogP contribution in [0.3, 0.4) is 0 Å². The van der Waals surface area contributed by atoms with Crippen molar-refractivity contribution >= 4 is 11.9 Å². The Morgan fingerprint density at radius 1 is 0.871 bits per heavy atom. The van der Waals surface area contributed by atoms with Crippen molar-refractivity contribution in [1.82, 2.24) is 0 Å². The second kappa shape index (κ2) is 8.88. The number of esters is 2. The van der Waals surface area contributed by atoms with Crippen molar-refractivity contribution in [2.24, 2.45) is 10.8 Å². The summed E-state index contributed by atoms with van der Waals surface area (Å²) >= 11 is 0. The van der Waals surface area contributed by atoms with Crippen molar-refractivity contribution in [3.63, 3.8) is 0 Å². The number of hydrogen-bond acceptors (Lipinski definition) is 7. The Bertz CT molecular complexity index is 777. The van der Waals surface area contributed by atoms with Crippen LogP contribution in [0, 0.1) is 10.8 Å². The van der Waals surface area contributed by atoms with E-state index in [1.807, 2.05) is 30.3 Å². The molecule has 7 heteroatoms. The third-order valence-corrected chi connectivity index (χ3v) is 5.34. The summed E-state index contributed by atoms with van der Waals surface area (Å²) in [6, 6.07) is 9.53. The Morgan fingerprint density at radius 2 is 1.42 bits per heavy atom. The minimum Gasteiger partial charge on any atom is -0.455 e. The largest absolute Gasteiger partial charge is 0.455 e. The summed E-state index contributed by atoms with van der Waals surface area (Å²) in [7, 11) is 0. The van der Waals surface area contributed by atoms with E-state index in [2.05, 4.69) is 0 Å². The van der Waals surface area contributed by atoms with Gasteiger partial charge in [-0.25, -0.2) is 0 Å². The molecule has 0 N–H and O–H groups in total. The molecule has 0 aliphatic carbocycles. The first kappa shape index (κ1) is 23.7. The van der Waals surface area contributed by atoms with Crippen LogP contribution < -0.4 is 0 Å². The molecule has 3 rings (SSSR count). The molecule has 0 aromatic heterocycles. The quantitative estimate of drug-likeness (QED) is 0.669. The van der Waals surface area contributed by atoms with Gasteiger partial charge in [-0.05, 0) is 48.5 Å². The van der Waals surface area contributed by atoms with Crippen LogP contribution in [-0.4, -0.2) is 49.1 Å². The van der Waals surface area contributed by atoms with Gasteiger partial charge in [-0.2, -0.15) is 0 Å². The van der Waals surface area contributed by atoms with Crippen molar-refractivity contribution < 1.29 is 33.3 Å². The first-order valence-electron chi connectivity index (χ1n) is 10.8. The Morgan fingerprint density at radius 3 is 1.97 bits per heavy atom. The predicted octanol–water partition coefficient (Wildman–Crippen LogP) is 3.80. The Labute approximate surface area is 184 Å². The normalized spacial score (nSPS) is 31.5. The van der Waals surface area contributed by atoms with E-state index in [-0.39, 0.29) is 6.61 Å². The minimum absolute atomic E-state index is 0.276. The molecule has 31 heavy (non-hydrogen) atoms. The molecule has 2 fully saturated rings. The molecule has 172 valence electrons. The smallest absolute Gasteiger partial charge is 0.311 e. The summed E-state index contributed by atoms with van der Waals surface area (Å²) in [5.74, 6) is -0.789. The number of benzene rings is 1. The summed E-state index contributed by atoms with van der Waals surface area (Å²) in [4.78, 5) is 25.5. The van der Waals surface area contributed by atoms with Crippen molar-refractivity contribution in [3.8, 4) is 0 Å². The van der Waals surface area contributed by atoms with Crippen molar-refractivity contribution in [2.45, 2.75) is 85.3 Å². The zero-order chi connectivity index (χ0) is 23.0. The summed E-state index contributed by atoms with van der Waals surface area (Å²) in [6.45, 7) is 12.8. The van der Waals surface area contributed by atoms with Crippen molar-refractivity contribution in [2.75, 3.05) is 6.61 Å². The maximum atomic E-state index is 12.8. The number of rotatable bonds is 3. The fourth-order valence-corrected chi connectivity index (χ4v) is 3.44. The van der Waals surface area contributed by atoms with Gasteiger partial charge in [0.25, 0.3) is 0 Å². The van der Waals surface area contributed by atoms with Crippen LogP contribution in [0.5, 0.6) is 0 Å². The molecule has 2 aliphatic heterocycles. The first-order valence-corrected chi connectivity index (χ1v) is 10.8. The predicted molar refractivity (Wildman–Crippen MR) is 113 cm³/mol. The van der Waals surface area contributed by atoms with Crippen molar-refractivity contribution in [3.05, 3.63) is 35.9 Å². The lowest BCUT2D eigenvalue weighted by Crippen LogP contribution is -2.63. The van der Waals surface area contributed by atoms with Crippen LogP contribution in [-0.2, 0) is 33.3 Å². The summed E-state index contributed by atoms with van der Waals surface area (Å²) < 4.78 is 29.9. The Balaban J connectivity index is 1.90. The minimum atomic E-state index is -0.818. The van der Waals surface area contributed by atoms with Crippen LogP contribution in [0.25, 0.3) is 0 Å². The van der Waals surface area contributed by atoms with Gasteiger partial charge in [0.1, 0.15) is 12.2 Å². The lowest BCUT2D eigenvalue weighted by atomic mass is 9.92. The molecular weight excluding hydrogens is 400 g/mol. The molecule has 7 nitrogen and oxygen atoms in total. The molecule has 0 bridgehead atoms. The van der Waals surface area contributed by atoms with Gasteiger partial charge in [-0.3, -0.25) is 9.59 Å². The Hall–Kier alpha value is -1.96. The van der Waals surface area contributed by atoms with Crippen LogP contribution in [0.1, 0.15) is 60.3 Å². The molecule has 3 unspecified atom stereocenters. The van der Waals surface area contributed by atoms with E-state index in [4.69, 9.17) is 23.7 Å². The SMILES string of the molecule is C[C@@H]1OC2COC(c3ccccc3)O[C@H]2[C@H](OC(=O)C(C)(C)C)C1OC(=O)C(C)(C)C. The monoisotopic (exact) mass is 434 g/mol. The summed E-state index contributed by atoms with van der Waals surface area (Å²) in [5, 5.41) is 0. The van der Waals surface area contributed by atoms with Crippen LogP contribution in [0.4, 0.5) is 0 Å². The van der Waals surface area contributed by atoms with E-state index in [0.29, 0.717) is 0 Å². The number of carbonyl (C=O) groups is 2. The number of hydrogen-bond donors (Lipinski definition) is 0. The third-order valence-electron chi connectivity index (χ3n) is 5.34. The van der Waals surface area contributed by atoms with Gasteiger partial charge in [-0.15, -0.1) is 0 Å². The molecule has 1 aromatic rings. The zero-order valence-electron chi connectivity index (χ0n) is 19.4. The highest BCUT2D eigenvalue weighted by Gasteiger charge is 2.53. The fourth-order valence-electron chi connectivity index (χ4n) is 3.44. The van der Waals surface area contributed by atoms with Crippen LogP contribution in [0.15, 0.2) is 30.3 Å². The summed E-state index contributed by atoms with van der Waals surface area (Å²) in [5.41, 5.74) is -0.582. The number of fused-ring (bicyclic) bond motifs is 1. The van der Waals surface area contributed by atoms with Crippen LogP contribution in [0.2, 0.25) is 0 Å². The van der Waals surface area contributed by atoms with E-state index >= 15 is 0 Å². The second-order valence-electron chi connectivity index (χ2n) is 10.3. The average Bonchev–Trinajstić information content (AvgIpc) is 2.69. The first-order chi connectivity index (χ1) is 14.4. The van der Waals surface area contributed by atoms with Crippen LogP contribution >= 0.6 is 0 Å².